The van der Waals surface area contributed by atoms with E-state index in [4.69, 9.17) is 28.9 Å². The van der Waals surface area contributed by atoms with Gasteiger partial charge in [0.25, 0.3) is 0 Å². The number of nitrogen functional groups attached to an aromatic ring is 1. The minimum atomic E-state index is -0.444. The number of aryl methyl sites for hydroxylation is 2. The number of nitrogens with two attached hydrogens (primary N) is 1. The molecule has 0 atom stereocenters. The van der Waals surface area contributed by atoms with E-state index in [0.717, 1.165) is 53.6 Å². The first-order chi connectivity index (χ1) is 22.8. The number of thiazole rings is 2. The fourth-order valence-electron chi connectivity index (χ4n) is 6.32. The molecule has 0 radical (unpaired) electrons. The molecule has 0 aliphatic rings. The lowest BCUT2D eigenvalue weighted by molar-refractivity contribution is 0.283. The highest BCUT2D eigenvalue weighted by atomic mass is 35.5. The highest BCUT2D eigenvalue weighted by molar-refractivity contribution is 7.18. The number of aromatic nitrogens is 2. The monoisotopic (exact) mass is 731 g/mol. The normalized spacial score (nSPS) is 12.6. The van der Waals surface area contributed by atoms with Crippen molar-refractivity contribution in [3.8, 4) is 5.75 Å². The van der Waals surface area contributed by atoms with Crippen molar-refractivity contribution in [2.45, 2.75) is 79.6 Å². The Hall–Kier alpha value is -3.56. The summed E-state index contributed by atoms with van der Waals surface area (Å²) in [5.41, 5.74) is 11.6. The van der Waals surface area contributed by atoms with Crippen molar-refractivity contribution in [3.63, 3.8) is 0 Å². The Morgan fingerprint density at radius 2 is 1.27 bits per heavy atom. The number of nitrogens with zero attached hydrogens (tertiary/aromatic N) is 4. The highest BCUT2D eigenvalue weighted by Crippen LogP contribution is 2.47. The van der Waals surface area contributed by atoms with Gasteiger partial charge < -0.3 is 10.8 Å². The molecule has 49 heavy (non-hydrogen) atoms. The summed E-state index contributed by atoms with van der Waals surface area (Å²) in [5, 5.41) is 23.7. The summed E-state index contributed by atoms with van der Waals surface area (Å²) in [7, 11) is 0. The predicted molar refractivity (Wildman–Crippen MR) is 211 cm³/mol. The third-order valence-electron chi connectivity index (χ3n) is 8.46. The topological polar surface area (TPSA) is 96.8 Å². The molecular weight excluding hydrogens is 690 g/mol. The molecule has 256 valence electrons. The van der Waals surface area contributed by atoms with Crippen LogP contribution in [0.5, 0.6) is 5.75 Å². The van der Waals surface area contributed by atoms with E-state index in [1.807, 2.05) is 56.3 Å². The molecule has 0 aliphatic heterocycles. The third-order valence-corrected chi connectivity index (χ3v) is 11.0. The second-order valence-corrected chi connectivity index (χ2v) is 18.1. The molecule has 10 heteroatoms. The first-order valence-electron chi connectivity index (χ1n) is 16.1. The van der Waals surface area contributed by atoms with E-state index >= 15 is 0 Å². The lowest BCUT2D eigenvalue weighted by Gasteiger charge is -2.35. The highest BCUT2D eigenvalue weighted by Gasteiger charge is 2.33. The van der Waals surface area contributed by atoms with Gasteiger partial charge in [-0.1, -0.05) is 108 Å². The van der Waals surface area contributed by atoms with Crippen LogP contribution < -0.4 is 5.73 Å². The summed E-state index contributed by atoms with van der Waals surface area (Å²) in [6.45, 7) is 19.5. The van der Waals surface area contributed by atoms with Crippen molar-refractivity contribution in [1.82, 2.24) is 9.97 Å². The Morgan fingerprint density at radius 1 is 0.714 bits per heavy atom. The first kappa shape index (κ1) is 36.7. The first-order valence-corrected chi connectivity index (χ1v) is 18.5. The zero-order chi connectivity index (χ0) is 35.9. The molecule has 0 bridgehead atoms. The maximum absolute atomic E-state index is 11.5. The fraction of sp³-hybridized carbons (Fsp3) is 0.333. The van der Waals surface area contributed by atoms with Gasteiger partial charge in [0.1, 0.15) is 17.1 Å². The van der Waals surface area contributed by atoms with Crippen molar-refractivity contribution in [1.29, 1.82) is 0 Å². The van der Waals surface area contributed by atoms with Crippen LogP contribution in [0.15, 0.2) is 77.0 Å². The van der Waals surface area contributed by atoms with E-state index in [0.29, 0.717) is 27.1 Å². The van der Waals surface area contributed by atoms with Gasteiger partial charge in [-0.15, -0.1) is 32.9 Å². The van der Waals surface area contributed by atoms with E-state index in [1.165, 1.54) is 0 Å². The molecule has 0 amide bonds. The van der Waals surface area contributed by atoms with Crippen molar-refractivity contribution in [3.05, 3.63) is 103 Å². The molecule has 3 N–H and O–H groups in total. The summed E-state index contributed by atoms with van der Waals surface area (Å²) in [5.74, 6) is 0.138. The Labute approximate surface area is 307 Å². The second kappa shape index (κ2) is 14.0. The summed E-state index contributed by atoms with van der Waals surface area (Å²) >= 11 is 15.6. The third kappa shape index (κ3) is 8.43. The van der Waals surface area contributed by atoms with Crippen molar-refractivity contribution in [2.75, 3.05) is 5.73 Å². The van der Waals surface area contributed by atoms with Crippen LogP contribution >= 0.6 is 45.9 Å². The van der Waals surface area contributed by atoms with E-state index in [1.54, 1.807) is 28.7 Å². The zero-order valence-corrected chi connectivity index (χ0v) is 32.6. The second-order valence-electron chi connectivity index (χ2n) is 14.8. The maximum atomic E-state index is 11.5. The number of fused-ring (bicyclic) bond motifs is 2. The molecule has 0 fully saturated rings. The molecule has 6 aromatic rings. The average Bonchev–Trinajstić information content (AvgIpc) is 3.55. The SMILES string of the molecule is Cc1nc2cc(Cl)c(N)cc2s1.Cc1nc2cc(Cl)c(N=Nc3cc(C(C)(C)CC(C)(C)C)cc(C(C)(C)c4ccccc4)c3O)cc2s1. The van der Waals surface area contributed by atoms with E-state index in [2.05, 4.69) is 86.9 Å². The fourth-order valence-corrected chi connectivity index (χ4v) is 8.37. The van der Waals surface area contributed by atoms with E-state index < -0.39 is 5.41 Å². The van der Waals surface area contributed by atoms with Gasteiger partial charge in [-0.25, -0.2) is 9.97 Å². The van der Waals surface area contributed by atoms with Crippen molar-refractivity contribution < 1.29 is 5.11 Å². The van der Waals surface area contributed by atoms with Gasteiger partial charge in [-0.05, 0) is 72.6 Å². The van der Waals surface area contributed by atoms with Crippen LogP contribution in [0.1, 0.15) is 81.6 Å². The van der Waals surface area contributed by atoms with Crippen LogP contribution in [-0.4, -0.2) is 15.1 Å². The summed E-state index contributed by atoms with van der Waals surface area (Å²) in [6, 6.07) is 21.8. The minimum absolute atomic E-state index is 0.133. The minimum Gasteiger partial charge on any atom is -0.505 e. The predicted octanol–water partition coefficient (Wildman–Crippen LogP) is 13.3. The van der Waals surface area contributed by atoms with Crippen LogP contribution in [0.4, 0.5) is 17.1 Å². The molecule has 2 aromatic heterocycles. The van der Waals surface area contributed by atoms with Crippen molar-refractivity contribution >= 4 is 83.4 Å². The molecule has 2 heterocycles. The van der Waals surface area contributed by atoms with Crippen LogP contribution in [0, 0.1) is 19.3 Å². The van der Waals surface area contributed by atoms with Crippen LogP contribution in [0.3, 0.4) is 0 Å². The van der Waals surface area contributed by atoms with Gasteiger partial charge in [0.05, 0.1) is 46.2 Å². The molecule has 6 rings (SSSR count). The number of rotatable bonds is 6. The number of benzene rings is 4. The standard InChI is InChI=1S/C31H36ClN3OS.C8H7ClN2S/c1-19-33-25-16-23(32)24(17-27(25)37-19)34-35-26-15-21(30(5,6)18-29(2,3)4)14-22(28(26)36)31(7,8)20-12-10-9-11-13-20;1-4-11-7-2-5(9)6(10)3-8(7)12-4/h9-17,36H,18H2,1-8H3;2-3H,10H2,1H3. The quantitative estimate of drug-likeness (QED) is 0.132. The van der Waals surface area contributed by atoms with Crippen LogP contribution in [-0.2, 0) is 10.8 Å². The molecule has 0 spiro atoms. The van der Waals surface area contributed by atoms with Crippen molar-refractivity contribution in [2.24, 2.45) is 15.6 Å². The Bertz CT molecular complexity index is 2120. The molecular formula is C39H43Cl2N5OS2. The maximum Gasteiger partial charge on any atom is 0.147 e. The van der Waals surface area contributed by atoms with E-state index in [-0.39, 0.29) is 16.6 Å². The summed E-state index contributed by atoms with van der Waals surface area (Å²) in [4.78, 5) is 8.80. The Kier molecular flexibility index (Phi) is 10.5. The number of anilines is 1. The zero-order valence-electron chi connectivity index (χ0n) is 29.4. The number of phenols is 1. The van der Waals surface area contributed by atoms with Crippen LogP contribution in [0.25, 0.3) is 20.4 Å². The average molecular weight is 733 g/mol. The lowest BCUT2D eigenvalue weighted by Crippen LogP contribution is -2.26. The number of aromatic hydroxyl groups is 1. The molecule has 0 saturated heterocycles. The molecule has 0 aliphatic carbocycles. The number of hydrogen-bond donors (Lipinski definition) is 2. The van der Waals surface area contributed by atoms with Gasteiger partial charge in [0, 0.05) is 11.0 Å². The molecule has 0 unspecified atom stereocenters. The molecule has 6 nitrogen and oxygen atoms in total. The van der Waals surface area contributed by atoms with E-state index in [9.17, 15) is 5.11 Å². The Morgan fingerprint density at radius 3 is 1.86 bits per heavy atom. The smallest absolute Gasteiger partial charge is 0.147 e. The van der Waals surface area contributed by atoms with Gasteiger partial charge >= 0.3 is 0 Å². The number of halogens is 2. The number of phenolic OH excluding ortho intramolecular Hbond substituents is 1. The lowest BCUT2D eigenvalue weighted by atomic mass is 9.70. The number of azo groups is 1. The summed E-state index contributed by atoms with van der Waals surface area (Å²) < 4.78 is 2.10. The Balaban J connectivity index is 0.000000325. The molecule has 0 saturated carbocycles. The van der Waals surface area contributed by atoms with Crippen LogP contribution in [0.2, 0.25) is 10.0 Å². The largest absolute Gasteiger partial charge is 0.505 e. The van der Waals surface area contributed by atoms with Gasteiger partial charge in [0.2, 0.25) is 0 Å². The number of hydrogen-bond acceptors (Lipinski definition) is 8. The van der Waals surface area contributed by atoms with Gasteiger partial charge in [0.15, 0.2) is 0 Å². The van der Waals surface area contributed by atoms with Gasteiger partial charge in [-0.2, -0.15) is 0 Å². The summed E-state index contributed by atoms with van der Waals surface area (Å²) in [6.07, 6.45) is 0.972. The van der Waals surface area contributed by atoms with Gasteiger partial charge in [-0.3, -0.25) is 0 Å². The molecule has 4 aromatic carbocycles.